The third-order valence-electron chi connectivity index (χ3n) is 5.71. The number of anilines is 3. The number of hydrogen-bond donors (Lipinski definition) is 3. The monoisotopic (exact) mass is 409 g/mol. The number of amides is 1. The highest BCUT2D eigenvalue weighted by molar-refractivity contribution is 6.00. The predicted molar refractivity (Wildman–Crippen MR) is 110 cm³/mol. The molecule has 1 spiro atoms. The molecule has 2 aliphatic rings. The predicted octanol–water partition coefficient (Wildman–Crippen LogP) is 1.83. The van der Waals surface area contributed by atoms with Crippen molar-refractivity contribution in [1.82, 2.24) is 24.9 Å². The average Bonchev–Trinajstić information content (AvgIpc) is 3.12. The molecule has 1 amide bonds. The lowest BCUT2D eigenvalue weighted by Gasteiger charge is -2.53. The molecule has 30 heavy (non-hydrogen) atoms. The molecule has 0 bridgehead atoms. The second kappa shape index (κ2) is 7.13. The molecule has 4 heterocycles. The van der Waals surface area contributed by atoms with Crippen LogP contribution in [0.4, 0.5) is 17.3 Å². The Bertz CT molecular complexity index is 1100. The van der Waals surface area contributed by atoms with Gasteiger partial charge in [0, 0.05) is 30.8 Å². The summed E-state index contributed by atoms with van der Waals surface area (Å²) in [6, 6.07) is 5.62. The molecular formula is C20H23N7O3. The molecule has 5 rings (SSSR count). The van der Waals surface area contributed by atoms with Crippen molar-refractivity contribution in [1.29, 1.82) is 0 Å². The van der Waals surface area contributed by atoms with Gasteiger partial charge in [0.05, 0.1) is 26.5 Å². The van der Waals surface area contributed by atoms with Crippen LogP contribution in [0.2, 0.25) is 0 Å². The maximum atomic E-state index is 12.9. The van der Waals surface area contributed by atoms with Gasteiger partial charge in [-0.1, -0.05) is 0 Å². The highest BCUT2D eigenvalue weighted by Crippen LogP contribution is 2.46. The van der Waals surface area contributed by atoms with Gasteiger partial charge >= 0.3 is 0 Å². The first-order valence-corrected chi connectivity index (χ1v) is 9.82. The van der Waals surface area contributed by atoms with Crippen molar-refractivity contribution in [2.45, 2.75) is 18.9 Å². The number of carbonyl (C=O) groups excluding carboxylic acids is 1. The van der Waals surface area contributed by atoms with Crippen LogP contribution < -0.4 is 20.7 Å². The molecule has 10 nitrogen and oxygen atoms in total. The third-order valence-corrected chi connectivity index (χ3v) is 5.71. The van der Waals surface area contributed by atoms with Crippen LogP contribution >= 0.6 is 0 Å². The van der Waals surface area contributed by atoms with Crippen molar-refractivity contribution in [3.05, 3.63) is 36.2 Å². The first kappa shape index (κ1) is 18.6. The van der Waals surface area contributed by atoms with Gasteiger partial charge in [0.2, 0.25) is 5.88 Å². The van der Waals surface area contributed by atoms with Crippen LogP contribution in [0.15, 0.2) is 30.6 Å². The van der Waals surface area contributed by atoms with Gasteiger partial charge in [-0.15, -0.1) is 0 Å². The van der Waals surface area contributed by atoms with E-state index in [-0.39, 0.29) is 17.4 Å². The number of nitrogens with one attached hydrogen (secondary N) is 3. The number of hydrogen-bond acceptors (Lipinski definition) is 8. The Morgan fingerprint density at radius 3 is 2.90 bits per heavy atom. The maximum Gasteiger partial charge on any atom is 0.256 e. The fourth-order valence-electron chi connectivity index (χ4n) is 4.13. The number of rotatable bonds is 6. The molecule has 3 aromatic heterocycles. The zero-order valence-corrected chi connectivity index (χ0v) is 16.8. The first-order valence-electron chi connectivity index (χ1n) is 9.82. The second-order valence-electron chi connectivity index (χ2n) is 7.83. The number of nitrogens with zero attached hydrogens (tertiary/aromatic N) is 4. The van der Waals surface area contributed by atoms with Crippen molar-refractivity contribution in [3.8, 4) is 5.88 Å². The first-order chi connectivity index (χ1) is 14.6. The van der Waals surface area contributed by atoms with Crippen LogP contribution in [-0.2, 0) is 4.74 Å². The molecule has 0 atom stereocenters. The van der Waals surface area contributed by atoms with Gasteiger partial charge in [0.25, 0.3) is 5.91 Å². The Morgan fingerprint density at radius 2 is 2.20 bits per heavy atom. The van der Waals surface area contributed by atoms with Crippen LogP contribution in [0.3, 0.4) is 0 Å². The van der Waals surface area contributed by atoms with Crippen molar-refractivity contribution in [2.75, 3.05) is 38.0 Å². The molecule has 0 radical (unpaired) electrons. The van der Waals surface area contributed by atoms with Crippen molar-refractivity contribution >= 4 is 28.9 Å². The normalized spacial score (nSPS) is 17.3. The van der Waals surface area contributed by atoms with Gasteiger partial charge in [-0.3, -0.25) is 4.79 Å². The van der Waals surface area contributed by atoms with E-state index in [4.69, 9.17) is 9.47 Å². The Labute approximate surface area is 173 Å². The molecule has 0 unspecified atom stereocenters. The van der Waals surface area contributed by atoms with E-state index in [1.807, 2.05) is 6.07 Å². The number of fused-ring (bicyclic) bond motifs is 1. The number of pyridine rings is 1. The van der Waals surface area contributed by atoms with E-state index in [2.05, 4.69) is 31.0 Å². The quantitative estimate of drug-likeness (QED) is 0.565. The van der Waals surface area contributed by atoms with Crippen LogP contribution in [0.1, 0.15) is 23.2 Å². The fraction of sp³-hybridized carbons (Fsp3) is 0.400. The van der Waals surface area contributed by atoms with Gasteiger partial charge in [-0.2, -0.15) is 9.61 Å². The van der Waals surface area contributed by atoms with Crippen LogP contribution in [0.5, 0.6) is 5.88 Å². The Kier molecular flexibility index (Phi) is 4.43. The molecule has 3 N–H and O–H groups in total. The summed E-state index contributed by atoms with van der Waals surface area (Å²) in [5, 5.41) is 13.8. The van der Waals surface area contributed by atoms with E-state index in [1.165, 1.54) is 0 Å². The lowest BCUT2D eigenvalue weighted by atomic mass is 9.64. The summed E-state index contributed by atoms with van der Waals surface area (Å²) in [5.41, 5.74) is 1.85. The number of carbonyl (C=O) groups is 1. The average molecular weight is 409 g/mol. The summed E-state index contributed by atoms with van der Waals surface area (Å²) in [4.78, 5) is 21.7. The molecule has 3 aromatic rings. The summed E-state index contributed by atoms with van der Waals surface area (Å²) in [7, 11) is 3.35. The summed E-state index contributed by atoms with van der Waals surface area (Å²) in [6.45, 7) is 1.60. The topological polar surface area (TPSA) is 115 Å². The van der Waals surface area contributed by atoms with Gasteiger partial charge in [-0.05, 0) is 25.0 Å². The largest absolute Gasteiger partial charge is 0.480 e. The fourth-order valence-corrected chi connectivity index (χ4v) is 4.13. The lowest BCUT2D eigenvalue weighted by molar-refractivity contribution is -0.165. The Morgan fingerprint density at radius 1 is 1.37 bits per heavy atom. The zero-order valence-electron chi connectivity index (χ0n) is 16.8. The molecule has 1 aliphatic heterocycles. The minimum Gasteiger partial charge on any atom is -0.480 e. The summed E-state index contributed by atoms with van der Waals surface area (Å²) in [6.07, 6.45) is 5.12. The standard InChI is InChI=1S/C20H23N7O3/c1-21-16-6-15(25-14-4-3-5-22-19(14)29-2)26-17-13(9-23-27(16)17)18(28)24-12-7-20(8-12)10-30-11-20/h3-6,9,12,21H,7-8,10-11H2,1-2H3,(H,24,28)(H,25,26). The van der Waals surface area contributed by atoms with Crippen LogP contribution in [-0.4, -0.2) is 58.9 Å². The smallest absolute Gasteiger partial charge is 0.256 e. The van der Waals surface area contributed by atoms with Gasteiger partial charge in [0.15, 0.2) is 5.65 Å². The second-order valence-corrected chi connectivity index (χ2v) is 7.83. The van der Waals surface area contributed by atoms with Crippen LogP contribution in [0.25, 0.3) is 5.65 Å². The maximum absolute atomic E-state index is 12.9. The molecule has 0 aromatic carbocycles. The van der Waals surface area contributed by atoms with E-state index in [0.29, 0.717) is 34.4 Å². The zero-order chi connectivity index (χ0) is 20.7. The number of methoxy groups -OCH3 is 1. The number of aromatic nitrogens is 4. The van der Waals surface area contributed by atoms with E-state index in [0.717, 1.165) is 26.1 Å². The molecule has 10 heteroatoms. The van der Waals surface area contributed by atoms with Gasteiger partial charge < -0.3 is 25.4 Å². The summed E-state index contributed by atoms with van der Waals surface area (Å²) < 4.78 is 12.2. The summed E-state index contributed by atoms with van der Waals surface area (Å²) in [5.74, 6) is 1.52. The van der Waals surface area contributed by atoms with Crippen molar-refractivity contribution < 1.29 is 14.3 Å². The van der Waals surface area contributed by atoms with Crippen LogP contribution in [0, 0.1) is 5.41 Å². The van der Waals surface area contributed by atoms with E-state index in [9.17, 15) is 4.79 Å². The summed E-state index contributed by atoms with van der Waals surface area (Å²) >= 11 is 0. The molecule has 2 fully saturated rings. The highest BCUT2D eigenvalue weighted by atomic mass is 16.5. The van der Waals surface area contributed by atoms with E-state index in [1.54, 1.807) is 43.2 Å². The molecule has 156 valence electrons. The van der Waals surface area contributed by atoms with E-state index < -0.39 is 0 Å². The lowest BCUT2D eigenvalue weighted by Crippen LogP contribution is -2.59. The molecular weight excluding hydrogens is 386 g/mol. The molecule has 1 saturated heterocycles. The minimum absolute atomic E-state index is 0.168. The minimum atomic E-state index is -0.171. The third kappa shape index (κ3) is 3.09. The molecule has 1 saturated carbocycles. The highest BCUT2D eigenvalue weighted by Gasteiger charge is 2.50. The SMILES string of the molecule is CNc1cc(Nc2cccnc2OC)nc2c(C(=O)NC3CC4(COC4)C3)cnn12. The Balaban J connectivity index is 1.42. The Hall–Kier alpha value is -3.40. The molecule has 1 aliphatic carbocycles. The van der Waals surface area contributed by atoms with Crippen molar-refractivity contribution in [2.24, 2.45) is 5.41 Å². The number of ether oxygens (including phenoxy) is 2. The van der Waals surface area contributed by atoms with Gasteiger partial charge in [0.1, 0.15) is 22.9 Å². The van der Waals surface area contributed by atoms with E-state index >= 15 is 0 Å². The van der Waals surface area contributed by atoms with Crippen molar-refractivity contribution in [3.63, 3.8) is 0 Å². The van der Waals surface area contributed by atoms with Gasteiger partial charge in [-0.25, -0.2) is 9.97 Å².